The van der Waals surface area contributed by atoms with E-state index in [0.717, 1.165) is 57.9 Å². The average Bonchev–Trinajstić information content (AvgIpc) is 3.30. The summed E-state index contributed by atoms with van der Waals surface area (Å²) in [6.45, 7) is 4.29. The number of hydrogen-bond acceptors (Lipinski definition) is 9. The number of thioether (sulfide) groups is 1. The minimum atomic E-state index is -0.0720. The zero-order valence-electron chi connectivity index (χ0n) is 20.0. The summed E-state index contributed by atoms with van der Waals surface area (Å²) >= 11 is 1.83. The van der Waals surface area contributed by atoms with Gasteiger partial charge in [-0.3, -0.25) is 30.4 Å². The van der Waals surface area contributed by atoms with Crippen LogP contribution in [-0.2, 0) is 19.1 Å². The lowest BCUT2D eigenvalue weighted by Gasteiger charge is -2.43. The molecular weight excluding hydrogens is 456 g/mol. The van der Waals surface area contributed by atoms with Gasteiger partial charge in [-0.15, -0.1) is 11.8 Å². The van der Waals surface area contributed by atoms with Crippen LogP contribution < -0.4 is 27.0 Å². The fourth-order valence-electron chi connectivity index (χ4n) is 6.23. The molecule has 4 heterocycles. The number of quaternary nitrogens is 1. The molecule has 10 nitrogen and oxygen atoms in total. The molecule has 0 aromatic rings. The van der Waals surface area contributed by atoms with E-state index in [1.807, 2.05) is 11.8 Å². The number of nitrogens with zero attached hydrogens (tertiary/aromatic N) is 1. The predicted molar refractivity (Wildman–Crippen MR) is 129 cm³/mol. The average molecular weight is 498 g/mol. The number of nitrogens with one attached hydrogen (secondary N) is 4. The van der Waals surface area contributed by atoms with Gasteiger partial charge in [0.1, 0.15) is 12.5 Å². The maximum Gasteiger partial charge on any atom is 0.276 e. The number of rotatable bonds is 6. The van der Waals surface area contributed by atoms with Gasteiger partial charge in [0.2, 0.25) is 0 Å². The minimum absolute atomic E-state index is 0.00501. The molecule has 5 rings (SSSR count). The van der Waals surface area contributed by atoms with Crippen molar-refractivity contribution >= 4 is 23.5 Å². The van der Waals surface area contributed by atoms with Crippen LogP contribution in [0.4, 0.5) is 0 Å². The molecule has 0 aromatic heterocycles. The summed E-state index contributed by atoms with van der Waals surface area (Å²) in [6, 6.07) is 0.448. The number of carbonyl (C=O) groups excluding carboxylic acids is 2. The van der Waals surface area contributed by atoms with Crippen LogP contribution in [0.2, 0.25) is 0 Å². The molecule has 1 saturated carbocycles. The zero-order valence-corrected chi connectivity index (χ0v) is 20.8. The molecule has 4 saturated heterocycles. The second kappa shape index (κ2) is 11.5. The Morgan fingerprint density at radius 3 is 2.74 bits per heavy atom. The van der Waals surface area contributed by atoms with E-state index in [1.165, 1.54) is 12.8 Å². The number of morpholine rings is 1. The lowest BCUT2D eigenvalue weighted by atomic mass is 9.75. The van der Waals surface area contributed by atoms with Crippen LogP contribution in [-0.4, -0.2) is 97.8 Å². The van der Waals surface area contributed by atoms with Crippen molar-refractivity contribution in [3.8, 4) is 0 Å². The summed E-state index contributed by atoms with van der Waals surface area (Å²) in [5.41, 5.74) is 3.65. The molecule has 0 radical (unpaired) electrons. The number of fused-ring (bicyclic) bond motifs is 1. The van der Waals surface area contributed by atoms with Crippen LogP contribution >= 0.6 is 11.8 Å². The highest BCUT2D eigenvalue weighted by molar-refractivity contribution is 8.01. The molecule has 5 fully saturated rings. The molecule has 5 aliphatic rings. The molecule has 0 aromatic carbocycles. The first-order valence-corrected chi connectivity index (χ1v) is 14.1. The van der Waals surface area contributed by atoms with Gasteiger partial charge in [-0.1, -0.05) is 0 Å². The largest absolute Gasteiger partial charge is 0.379 e. The first-order valence-electron chi connectivity index (χ1n) is 13.1. The van der Waals surface area contributed by atoms with Gasteiger partial charge in [0.15, 0.2) is 12.3 Å². The second-order valence-corrected chi connectivity index (χ2v) is 11.5. The van der Waals surface area contributed by atoms with Gasteiger partial charge in [-0.2, -0.15) is 0 Å². The van der Waals surface area contributed by atoms with E-state index in [4.69, 9.17) is 9.47 Å². The Balaban J connectivity index is 1.11. The van der Waals surface area contributed by atoms with Gasteiger partial charge < -0.3 is 20.5 Å². The normalized spacial score (nSPS) is 41.7. The first-order chi connectivity index (χ1) is 16.6. The van der Waals surface area contributed by atoms with Crippen LogP contribution in [0.1, 0.15) is 38.5 Å². The molecule has 0 spiro atoms. The lowest BCUT2D eigenvalue weighted by Crippen LogP contribution is -2.68. The van der Waals surface area contributed by atoms with Gasteiger partial charge in [0, 0.05) is 32.1 Å². The summed E-state index contributed by atoms with van der Waals surface area (Å²) in [6.07, 6.45) is 5.95. The van der Waals surface area contributed by atoms with E-state index >= 15 is 0 Å². The first kappa shape index (κ1) is 24.9. The molecule has 4 aliphatic heterocycles. The van der Waals surface area contributed by atoms with Crippen molar-refractivity contribution in [2.45, 2.75) is 74.6 Å². The summed E-state index contributed by atoms with van der Waals surface area (Å²) in [4.78, 5) is 26.9. The fourth-order valence-corrected chi connectivity index (χ4v) is 7.86. The molecular formula is C23H41N6O4S+. The Labute approximate surface area is 206 Å². The van der Waals surface area contributed by atoms with Crippen molar-refractivity contribution in [1.29, 1.82) is 0 Å². The standard InChI is InChI=1S/C23H40N6O4S/c24-12-19(31)27-18-5-6-25-23(28-18)26-15-3-1-14(2-4-15)16-13-34-22-17(30)11-20(33-21(16)22)29-7-9-32-10-8-29/h14-16,18,20-23,25-26,28H,1-13,24H2,(H,27,31)/p+1. The molecule has 11 heteroatoms. The molecule has 34 heavy (non-hydrogen) atoms. The van der Waals surface area contributed by atoms with Crippen LogP contribution in [0.3, 0.4) is 0 Å². The smallest absolute Gasteiger partial charge is 0.276 e. The summed E-state index contributed by atoms with van der Waals surface area (Å²) < 4.78 is 12.1. The highest BCUT2D eigenvalue weighted by Gasteiger charge is 2.50. The topological polar surface area (TPSA) is 132 Å². The van der Waals surface area contributed by atoms with Gasteiger partial charge in [0.05, 0.1) is 30.7 Å². The van der Waals surface area contributed by atoms with E-state index in [9.17, 15) is 9.59 Å². The molecule has 7 N–H and O–H groups in total. The summed E-state index contributed by atoms with van der Waals surface area (Å²) in [5.74, 6) is 2.49. The van der Waals surface area contributed by atoms with Crippen molar-refractivity contribution in [2.24, 2.45) is 11.8 Å². The number of Topliss-reactive ketones (excluding diaryl/α,β-unsaturated/α-hetero) is 1. The Morgan fingerprint density at radius 1 is 1.18 bits per heavy atom. The minimum Gasteiger partial charge on any atom is -0.379 e. The van der Waals surface area contributed by atoms with Crippen molar-refractivity contribution in [2.75, 3.05) is 45.1 Å². The number of ketones is 1. The van der Waals surface area contributed by atoms with E-state index in [1.54, 1.807) is 0 Å². The predicted octanol–water partition coefficient (Wildman–Crippen LogP) is -1.57. The van der Waals surface area contributed by atoms with E-state index in [0.29, 0.717) is 30.1 Å². The SMILES string of the molecule is [NH3+]CC(=O)NC1CCNC(NC2CCC(C3CSC4C(=O)CC(N5CCOCC5)OC43)CC2)N1. The van der Waals surface area contributed by atoms with E-state index in [-0.39, 0.29) is 42.5 Å². The van der Waals surface area contributed by atoms with Crippen LogP contribution in [0.15, 0.2) is 0 Å². The number of ether oxygens (including phenoxy) is 2. The lowest BCUT2D eigenvalue weighted by molar-refractivity contribution is -0.355. The maximum absolute atomic E-state index is 12.9. The van der Waals surface area contributed by atoms with E-state index in [2.05, 4.69) is 31.9 Å². The highest BCUT2D eigenvalue weighted by Crippen LogP contribution is 2.46. The van der Waals surface area contributed by atoms with Crippen molar-refractivity contribution in [3.05, 3.63) is 0 Å². The number of carbonyl (C=O) groups is 2. The molecule has 0 bridgehead atoms. The van der Waals surface area contributed by atoms with Gasteiger partial charge >= 0.3 is 0 Å². The van der Waals surface area contributed by atoms with Gasteiger partial charge in [-0.25, -0.2) is 0 Å². The molecule has 6 unspecified atom stereocenters. The summed E-state index contributed by atoms with van der Waals surface area (Å²) in [5, 5.41) is 13.6. The van der Waals surface area contributed by atoms with Crippen molar-refractivity contribution in [1.82, 2.24) is 26.2 Å². The Kier molecular flexibility index (Phi) is 8.42. The zero-order chi connectivity index (χ0) is 23.5. The van der Waals surface area contributed by atoms with E-state index < -0.39 is 0 Å². The number of amides is 1. The monoisotopic (exact) mass is 497 g/mol. The third-order valence-electron chi connectivity index (χ3n) is 8.14. The van der Waals surface area contributed by atoms with Gasteiger partial charge in [-0.05, 0) is 49.7 Å². The second-order valence-electron chi connectivity index (χ2n) is 10.3. The quantitative estimate of drug-likeness (QED) is 0.295. The van der Waals surface area contributed by atoms with Crippen LogP contribution in [0, 0.1) is 11.8 Å². The van der Waals surface area contributed by atoms with Crippen molar-refractivity contribution < 1.29 is 24.8 Å². The Hall–Kier alpha value is -0.790. The van der Waals surface area contributed by atoms with Crippen LogP contribution in [0.25, 0.3) is 0 Å². The Morgan fingerprint density at radius 2 is 1.97 bits per heavy atom. The third-order valence-corrected chi connectivity index (χ3v) is 9.61. The third kappa shape index (κ3) is 5.78. The highest BCUT2D eigenvalue weighted by atomic mass is 32.2. The van der Waals surface area contributed by atoms with Crippen LogP contribution in [0.5, 0.6) is 0 Å². The Bertz CT molecular complexity index is 718. The summed E-state index contributed by atoms with van der Waals surface area (Å²) in [7, 11) is 0. The molecule has 1 amide bonds. The molecule has 1 aliphatic carbocycles. The number of hydrogen-bond donors (Lipinski definition) is 5. The fraction of sp³-hybridized carbons (Fsp3) is 0.913. The van der Waals surface area contributed by atoms with Gasteiger partial charge in [0.25, 0.3) is 5.91 Å². The maximum atomic E-state index is 12.9. The molecule has 192 valence electrons. The molecule has 6 atom stereocenters. The van der Waals surface area contributed by atoms with Crippen molar-refractivity contribution in [3.63, 3.8) is 0 Å².